The number of nitrogens with one attached hydrogen (secondary N) is 3. The molecule has 0 spiro atoms. The summed E-state index contributed by atoms with van der Waals surface area (Å²) in [4.78, 5) is 28.3. The van der Waals surface area contributed by atoms with Gasteiger partial charge in [0.25, 0.3) is 0 Å². The third-order valence-electron chi connectivity index (χ3n) is 6.01. The molecule has 1 aromatic heterocycles. The van der Waals surface area contributed by atoms with Crippen molar-refractivity contribution in [3.63, 3.8) is 0 Å². The van der Waals surface area contributed by atoms with Crippen LogP contribution < -0.4 is 24.8 Å². The Kier molecular flexibility index (Phi) is 10.2. The zero-order chi connectivity index (χ0) is 31.9. The second-order valence-electron chi connectivity index (χ2n) is 10.2. The van der Waals surface area contributed by atoms with Crippen molar-refractivity contribution in [2.24, 2.45) is 0 Å². The summed E-state index contributed by atoms with van der Waals surface area (Å²) in [6.45, 7) is 9.90. The molecule has 11 nitrogen and oxygen atoms in total. The highest BCUT2D eigenvalue weighted by Gasteiger charge is 2.22. The van der Waals surface area contributed by atoms with E-state index in [-0.39, 0.29) is 28.2 Å². The standard InChI is InChI=1S/C29H30N4O7S.C2H6/c1-29(2,3)17-14-22(26(39-4)23(15-17)33-41(5,37)38)32-28(36)31-21-10-11-25(20-9-7-6-8-19(20)21)40-18-12-13-30-24(16-18)27(34)35;1-2/h6-16,33H,1-5H3,(H,34,35)(H2,31,32,36);1-2H3. The number of ether oxygens (including phenoxy) is 2. The van der Waals surface area contributed by atoms with Gasteiger partial charge in [0, 0.05) is 23.0 Å². The molecule has 0 aliphatic heterocycles. The van der Waals surface area contributed by atoms with E-state index >= 15 is 0 Å². The van der Waals surface area contributed by atoms with Gasteiger partial charge in [-0.25, -0.2) is 23.0 Å². The van der Waals surface area contributed by atoms with E-state index in [0.29, 0.717) is 28.0 Å². The van der Waals surface area contributed by atoms with Crippen LogP contribution in [0.15, 0.2) is 66.9 Å². The van der Waals surface area contributed by atoms with Crippen LogP contribution in [0, 0.1) is 0 Å². The highest BCUT2D eigenvalue weighted by molar-refractivity contribution is 7.92. The third-order valence-corrected chi connectivity index (χ3v) is 6.60. The van der Waals surface area contributed by atoms with Crippen LogP contribution in [0.1, 0.15) is 50.7 Å². The van der Waals surface area contributed by atoms with E-state index in [4.69, 9.17) is 9.47 Å². The van der Waals surface area contributed by atoms with Gasteiger partial charge in [0.15, 0.2) is 11.4 Å². The number of benzene rings is 3. The molecule has 0 bridgehead atoms. The zero-order valence-electron chi connectivity index (χ0n) is 25.1. The predicted molar refractivity (Wildman–Crippen MR) is 169 cm³/mol. The topological polar surface area (TPSA) is 156 Å². The third kappa shape index (κ3) is 8.35. The number of carboxylic acid groups (broad SMARTS) is 1. The largest absolute Gasteiger partial charge is 0.492 e. The van der Waals surface area contributed by atoms with E-state index in [9.17, 15) is 23.1 Å². The van der Waals surface area contributed by atoms with Crippen LogP contribution in [0.3, 0.4) is 0 Å². The van der Waals surface area contributed by atoms with E-state index in [0.717, 1.165) is 11.8 Å². The van der Waals surface area contributed by atoms with Crippen LogP contribution in [0.5, 0.6) is 17.2 Å². The van der Waals surface area contributed by atoms with E-state index in [1.807, 2.05) is 58.9 Å². The number of carbonyl (C=O) groups is 2. The van der Waals surface area contributed by atoms with Gasteiger partial charge in [-0.05, 0) is 41.3 Å². The fraction of sp³-hybridized carbons (Fsp3) is 0.258. The van der Waals surface area contributed by atoms with Gasteiger partial charge in [0.2, 0.25) is 10.0 Å². The molecule has 12 heteroatoms. The van der Waals surface area contributed by atoms with Crippen molar-refractivity contribution in [1.29, 1.82) is 0 Å². The van der Waals surface area contributed by atoms with Crippen molar-refractivity contribution in [3.05, 3.63) is 78.1 Å². The Bertz CT molecular complexity index is 1750. The van der Waals surface area contributed by atoms with Crippen LogP contribution in [0.25, 0.3) is 10.8 Å². The van der Waals surface area contributed by atoms with Crippen molar-refractivity contribution in [3.8, 4) is 17.2 Å². The number of aromatic nitrogens is 1. The van der Waals surface area contributed by atoms with E-state index in [1.165, 1.54) is 19.4 Å². The quantitative estimate of drug-likeness (QED) is 0.165. The number of urea groups is 1. The Morgan fingerprint density at radius 3 is 2.12 bits per heavy atom. The van der Waals surface area contributed by atoms with Gasteiger partial charge in [-0.15, -0.1) is 0 Å². The zero-order valence-corrected chi connectivity index (χ0v) is 25.9. The normalized spacial score (nSPS) is 11.1. The first kappa shape index (κ1) is 32.7. The van der Waals surface area contributed by atoms with Gasteiger partial charge < -0.3 is 25.2 Å². The molecule has 0 saturated carbocycles. The first-order valence-electron chi connectivity index (χ1n) is 13.4. The fourth-order valence-corrected chi connectivity index (χ4v) is 4.67. The molecular formula is C31H36N4O7S. The van der Waals surface area contributed by atoms with E-state index in [1.54, 1.807) is 30.3 Å². The number of fused-ring (bicyclic) bond motifs is 1. The van der Waals surface area contributed by atoms with Gasteiger partial charge in [0.05, 0.1) is 30.4 Å². The summed E-state index contributed by atoms with van der Waals surface area (Å²) in [6, 6.07) is 16.3. The van der Waals surface area contributed by atoms with Crippen LogP contribution in [-0.2, 0) is 15.4 Å². The van der Waals surface area contributed by atoms with E-state index in [2.05, 4.69) is 20.3 Å². The van der Waals surface area contributed by atoms with Crippen molar-refractivity contribution < 1.29 is 32.6 Å². The van der Waals surface area contributed by atoms with Crippen LogP contribution in [0.2, 0.25) is 0 Å². The van der Waals surface area contributed by atoms with Gasteiger partial charge in [0.1, 0.15) is 11.5 Å². The average Bonchev–Trinajstić information content (AvgIpc) is 2.94. The van der Waals surface area contributed by atoms with Crippen molar-refractivity contribution in [1.82, 2.24) is 4.98 Å². The maximum atomic E-state index is 13.2. The number of carbonyl (C=O) groups excluding carboxylic acids is 1. The van der Waals surface area contributed by atoms with Crippen LogP contribution in [0.4, 0.5) is 21.9 Å². The number of methoxy groups -OCH3 is 1. The number of hydrogen-bond acceptors (Lipinski definition) is 7. The monoisotopic (exact) mass is 608 g/mol. The maximum Gasteiger partial charge on any atom is 0.354 e. The first-order chi connectivity index (χ1) is 20.2. The Hall–Kier alpha value is -4.84. The Labute approximate surface area is 251 Å². The minimum atomic E-state index is -3.63. The lowest BCUT2D eigenvalue weighted by molar-refractivity contribution is 0.0690. The Morgan fingerprint density at radius 1 is 0.884 bits per heavy atom. The lowest BCUT2D eigenvalue weighted by Gasteiger charge is -2.24. The number of sulfonamides is 1. The number of amides is 2. The second-order valence-corrected chi connectivity index (χ2v) is 12.0. The minimum absolute atomic E-state index is 0.150. The molecule has 0 unspecified atom stereocenters. The number of hydrogen-bond donors (Lipinski definition) is 4. The van der Waals surface area contributed by atoms with Crippen molar-refractivity contribution >= 4 is 49.9 Å². The van der Waals surface area contributed by atoms with Gasteiger partial charge in [-0.2, -0.15) is 0 Å². The van der Waals surface area contributed by atoms with Crippen LogP contribution in [-0.4, -0.2) is 43.9 Å². The number of anilines is 3. The molecule has 0 aliphatic carbocycles. The minimum Gasteiger partial charge on any atom is -0.492 e. The number of rotatable bonds is 8. The Balaban J connectivity index is 0.00000248. The second kappa shape index (κ2) is 13.4. The number of nitrogens with zero attached hydrogens (tertiary/aromatic N) is 1. The molecule has 4 N–H and O–H groups in total. The summed E-state index contributed by atoms with van der Waals surface area (Å²) in [5.41, 5.74) is 1.22. The fourth-order valence-electron chi connectivity index (χ4n) is 4.11. The van der Waals surface area contributed by atoms with Crippen LogP contribution >= 0.6 is 0 Å². The molecule has 4 rings (SSSR count). The average molecular weight is 609 g/mol. The number of aromatic carboxylic acids is 1. The maximum absolute atomic E-state index is 13.2. The molecule has 0 aliphatic rings. The molecule has 4 aromatic rings. The molecule has 0 fully saturated rings. The molecule has 0 atom stereocenters. The number of pyridine rings is 1. The molecule has 2 amide bonds. The Morgan fingerprint density at radius 2 is 1.51 bits per heavy atom. The lowest BCUT2D eigenvalue weighted by Crippen LogP contribution is -2.22. The molecule has 3 aromatic carbocycles. The highest BCUT2D eigenvalue weighted by atomic mass is 32.2. The van der Waals surface area contributed by atoms with Crippen molar-refractivity contribution in [2.45, 2.75) is 40.0 Å². The summed E-state index contributed by atoms with van der Waals surface area (Å²) >= 11 is 0. The lowest BCUT2D eigenvalue weighted by atomic mass is 9.86. The summed E-state index contributed by atoms with van der Waals surface area (Å²) < 4.78 is 37.9. The SMILES string of the molecule is CC.COc1c(NC(=O)Nc2ccc(Oc3ccnc(C(=O)O)c3)c3ccccc23)cc(C(C)(C)C)cc1NS(C)(=O)=O. The summed E-state index contributed by atoms with van der Waals surface area (Å²) in [6.07, 6.45) is 2.38. The molecular weight excluding hydrogens is 572 g/mol. The smallest absolute Gasteiger partial charge is 0.354 e. The van der Waals surface area contributed by atoms with Gasteiger partial charge >= 0.3 is 12.0 Å². The van der Waals surface area contributed by atoms with Crippen molar-refractivity contribution in [2.75, 3.05) is 28.7 Å². The summed E-state index contributed by atoms with van der Waals surface area (Å²) in [5, 5.41) is 16.2. The molecule has 43 heavy (non-hydrogen) atoms. The molecule has 228 valence electrons. The van der Waals surface area contributed by atoms with Gasteiger partial charge in [-0.3, -0.25) is 4.72 Å². The molecule has 0 saturated heterocycles. The highest BCUT2D eigenvalue weighted by Crippen LogP contribution is 2.39. The summed E-state index contributed by atoms with van der Waals surface area (Å²) in [5.74, 6) is -0.268. The predicted octanol–water partition coefficient (Wildman–Crippen LogP) is 7.07. The summed E-state index contributed by atoms with van der Waals surface area (Å²) in [7, 11) is -2.24. The molecule has 1 heterocycles. The number of carboxylic acids is 1. The van der Waals surface area contributed by atoms with E-state index < -0.39 is 22.0 Å². The molecule has 0 radical (unpaired) electrons. The van der Waals surface area contributed by atoms with Gasteiger partial charge in [-0.1, -0.05) is 58.9 Å². The first-order valence-corrected chi connectivity index (χ1v) is 15.3.